The van der Waals surface area contributed by atoms with Crippen LogP contribution in [0.25, 0.3) is 0 Å². The van der Waals surface area contributed by atoms with E-state index in [0.717, 1.165) is 5.56 Å². The quantitative estimate of drug-likeness (QED) is 0.745. The normalized spacial score (nSPS) is 14.4. The third-order valence-electron chi connectivity index (χ3n) is 2.22. The molecule has 2 unspecified atom stereocenters. The summed E-state index contributed by atoms with van der Waals surface area (Å²) in [5.74, 6) is 0.669. The van der Waals surface area contributed by atoms with Crippen molar-refractivity contribution in [1.82, 2.24) is 0 Å². The first-order chi connectivity index (χ1) is 7.63. The molecule has 5 heteroatoms. The first kappa shape index (κ1) is 13.2. The first-order valence-electron chi connectivity index (χ1n) is 5.05. The number of hydrogen-bond donors (Lipinski definition) is 2. The minimum absolute atomic E-state index is 0.0196. The highest BCUT2D eigenvalue weighted by atomic mass is 32.2. The van der Waals surface area contributed by atoms with Gasteiger partial charge in [-0.25, -0.2) is 4.21 Å². The first-order valence-corrected chi connectivity index (χ1v) is 6.22. The average molecular weight is 244 g/mol. The molecule has 0 radical (unpaired) electrons. The van der Waals surface area contributed by atoms with E-state index in [4.69, 9.17) is 14.4 Å². The van der Waals surface area contributed by atoms with E-state index in [2.05, 4.69) is 0 Å². The molecule has 4 nitrogen and oxygen atoms in total. The van der Waals surface area contributed by atoms with Gasteiger partial charge < -0.3 is 14.4 Å². The summed E-state index contributed by atoms with van der Waals surface area (Å²) in [7, 11) is 0. The lowest BCUT2D eigenvalue weighted by molar-refractivity contribution is 0.278. The fourth-order valence-electron chi connectivity index (χ4n) is 1.18. The van der Waals surface area contributed by atoms with Crippen molar-refractivity contribution in [2.45, 2.75) is 25.2 Å². The lowest BCUT2D eigenvalue weighted by atomic mass is 10.2. The number of rotatable bonds is 6. The molecule has 0 aliphatic rings. The van der Waals surface area contributed by atoms with E-state index in [9.17, 15) is 4.21 Å². The van der Waals surface area contributed by atoms with Gasteiger partial charge in [-0.1, -0.05) is 12.1 Å². The zero-order valence-corrected chi connectivity index (χ0v) is 9.94. The van der Waals surface area contributed by atoms with E-state index in [1.807, 2.05) is 0 Å². The zero-order chi connectivity index (χ0) is 12.0. The summed E-state index contributed by atoms with van der Waals surface area (Å²) in [6, 6.07) is 7.15. The number of ether oxygens (including phenoxy) is 1. The predicted molar refractivity (Wildman–Crippen MR) is 62.7 cm³/mol. The van der Waals surface area contributed by atoms with Gasteiger partial charge in [-0.15, -0.1) is 0 Å². The molecule has 2 N–H and O–H groups in total. The van der Waals surface area contributed by atoms with Crippen LogP contribution in [0.5, 0.6) is 5.75 Å². The highest BCUT2D eigenvalue weighted by molar-refractivity contribution is 7.79. The average Bonchev–Trinajstić information content (AvgIpc) is 2.29. The fourth-order valence-corrected chi connectivity index (χ4v) is 1.48. The van der Waals surface area contributed by atoms with Gasteiger partial charge in [-0.2, -0.15) is 0 Å². The van der Waals surface area contributed by atoms with Gasteiger partial charge >= 0.3 is 0 Å². The molecule has 0 aliphatic carbocycles. The van der Waals surface area contributed by atoms with Crippen LogP contribution < -0.4 is 4.74 Å². The molecule has 0 heterocycles. The van der Waals surface area contributed by atoms with E-state index in [0.29, 0.717) is 18.8 Å². The molecule has 2 atom stereocenters. The van der Waals surface area contributed by atoms with Gasteiger partial charge in [0, 0.05) is 0 Å². The van der Waals surface area contributed by atoms with Crippen molar-refractivity contribution in [3.8, 4) is 5.75 Å². The summed E-state index contributed by atoms with van der Waals surface area (Å²) in [6.45, 7) is 2.07. The Bertz CT molecular complexity index is 354. The van der Waals surface area contributed by atoms with Crippen molar-refractivity contribution in [3.05, 3.63) is 29.8 Å². The Morgan fingerprint density at radius 3 is 2.88 bits per heavy atom. The Balaban J connectivity index is 2.39. The van der Waals surface area contributed by atoms with E-state index in [1.54, 1.807) is 31.2 Å². The van der Waals surface area contributed by atoms with Crippen LogP contribution in [0.1, 0.15) is 18.9 Å². The highest BCUT2D eigenvalue weighted by Crippen LogP contribution is 2.14. The SMILES string of the molecule is CC(CCOc1cccc(CO)c1)S(=O)O. The molecule has 0 aromatic heterocycles. The van der Waals surface area contributed by atoms with Crippen molar-refractivity contribution in [2.24, 2.45) is 0 Å². The van der Waals surface area contributed by atoms with Crippen LogP contribution in [0.2, 0.25) is 0 Å². The van der Waals surface area contributed by atoms with Gasteiger partial charge in [0.15, 0.2) is 11.1 Å². The second-order valence-electron chi connectivity index (χ2n) is 3.53. The molecule has 1 rings (SSSR count). The van der Waals surface area contributed by atoms with E-state index in [1.165, 1.54) is 0 Å². The Morgan fingerprint density at radius 2 is 2.25 bits per heavy atom. The third-order valence-corrected chi connectivity index (χ3v) is 3.14. The van der Waals surface area contributed by atoms with Crippen molar-refractivity contribution >= 4 is 11.1 Å². The monoisotopic (exact) mass is 244 g/mol. The predicted octanol–water partition coefficient (Wildman–Crippen LogP) is 1.56. The summed E-state index contributed by atoms with van der Waals surface area (Å²) in [4.78, 5) is 0. The lowest BCUT2D eigenvalue weighted by Gasteiger charge is -2.09. The van der Waals surface area contributed by atoms with Crippen LogP contribution in [0, 0.1) is 0 Å². The Morgan fingerprint density at radius 1 is 1.50 bits per heavy atom. The van der Waals surface area contributed by atoms with Crippen LogP contribution in [-0.2, 0) is 17.7 Å². The number of hydrogen-bond acceptors (Lipinski definition) is 3. The largest absolute Gasteiger partial charge is 0.494 e. The fraction of sp³-hybridized carbons (Fsp3) is 0.455. The van der Waals surface area contributed by atoms with E-state index in [-0.39, 0.29) is 11.9 Å². The zero-order valence-electron chi connectivity index (χ0n) is 9.13. The molecular weight excluding hydrogens is 228 g/mol. The molecule has 0 bridgehead atoms. The standard InChI is InChI=1S/C11H16O4S/c1-9(16(13)14)5-6-15-11-4-2-3-10(7-11)8-12/h2-4,7,9,12H,5-6,8H2,1H3,(H,13,14). The van der Waals surface area contributed by atoms with Crippen LogP contribution >= 0.6 is 0 Å². The van der Waals surface area contributed by atoms with Gasteiger partial charge in [0.1, 0.15) is 5.75 Å². The van der Waals surface area contributed by atoms with Gasteiger partial charge in [-0.05, 0) is 31.0 Å². The lowest BCUT2D eigenvalue weighted by Crippen LogP contribution is -2.13. The highest BCUT2D eigenvalue weighted by Gasteiger charge is 2.08. The second kappa shape index (κ2) is 6.62. The molecule has 0 amide bonds. The molecule has 0 saturated carbocycles. The maximum absolute atomic E-state index is 10.7. The van der Waals surface area contributed by atoms with Crippen LogP contribution in [0.15, 0.2) is 24.3 Å². The molecule has 16 heavy (non-hydrogen) atoms. The number of aliphatic hydroxyl groups is 1. The molecule has 90 valence electrons. The van der Waals surface area contributed by atoms with Crippen molar-refractivity contribution in [2.75, 3.05) is 6.61 Å². The topological polar surface area (TPSA) is 66.8 Å². The second-order valence-corrected chi connectivity index (χ2v) is 4.89. The van der Waals surface area contributed by atoms with E-state index < -0.39 is 11.1 Å². The van der Waals surface area contributed by atoms with Gasteiger partial charge in [-0.3, -0.25) is 0 Å². The summed E-state index contributed by atoms with van der Waals surface area (Å²) in [6.07, 6.45) is 0.520. The summed E-state index contributed by atoms with van der Waals surface area (Å²) >= 11 is -1.79. The maximum atomic E-state index is 10.7. The maximum Gasteiger partial charge on any atom is 0.155 e. The smallest absolute Gasteiger partial charge is 0.155 e. The summed E-state index contributed by atoms with van der Waals surface area (Å²) < 4.78 is 24.9. The van der Waals surface area contributed by atoms with Crippen molar-refractivity contribution < 1.29 is 18.6 Å². The van der Waals surface area contributed by atoms with Crippen molar-refractivity contribution in [1.29, 1.82) is 0 Å². The third kappa shape index (κ3) is 4.30. The molecule has 0 aliphatic heterocycles. The van der Waals surface area contributed by atoms with Gasteiger partial charge in [0.05, 0.1) is 18.5 Å². The number of benzene rings is 1. The van der Waals surface area contributed by atoms with Crippen LogP contribution in [-0.4, -0.2) is 25.7 Å². The van der Waals surface area contributed by atoms with Gasteiger partial charge in [0.25, 0.3) is 0 Å². The molecule has 0 fully saturated rings. The minimum Gasteiger partial charge on any atom is -0.494 e. The Labute approximate surface area is 97.5 Å². The Hall–Kier alpha value is -0.910. The Kier molecular flexibility index (Phi) is 5.45. The number of aliphatic hydroxyl groups excluding tert-OH is 1. The molecule has 1 aromatic rings. The van der Waals surface area contributed by atoms with Crippen molar-refractivity contribution in [3.63, 3.8) is 0 Å². The molecule has 1 aromatic carbocycles. The van der Waals surface area contributed by atoms with Crippen LogP contribution in [0.3, 0.4) is 0 Å². The summed E-state index contributed by atoms with van der Waals surface area (Å²) in [5, 5.41) is 8.63. The molecular formula is C11H16O4S. The molecule has 0 saturated heterocycles. The minimum atomic E-state index is -1.79. The molecule has 0 spiro atoms. The van der Waals surface area contributed by atoms with E-state index >= 15 is 0 Å². The van der Waals surface area contributed by atoms with Crippen LogP contribution in [0.4, 0.5) is 0 Å². The van der Waals surface area contributed by atoms with Gasteiger partial charge in [0.2, 0.25) is 0 Å². The summed E-state index contributed by atoms with van der Waals surface area (Å²) in [5.41, 5.74) is 0.788.